The molecule has 0 unspecified atom stereocenters. The first-order valence-electron chi connectivity index (χ1n) is 7.58. The van der Waals surface area contributed by atoms with Crippen molar-refractivity contribution in [2.75, 3.05) is 19.6 Å². The van der Waals surface area contributed by atoms with E-state index < -0.39 is 12.0 Å². The second kappa shape index (κ2) is 8.21. The zero-order valence-corrected chi connectivity index (χ0v) is 12.8. The summed E-state index contributed by atoms with van der Waals surface area (Å²) in [6.45, 7) is 1.25. The van der Waals surface area contributed by atoms with Gasteiger partial charge >= 0.3 is 12.0 Å². The van der Waals surface area contributed by atoms with Gasteiger partial charge in [-0.1, -0.05) is 0 Å². The number of nitrogens with zero attached hydrogens (tertiary/aromatic N) is 1. The number of carboxylic acid groups (broad SMARTS) is 1. The van der Waals surface area contributed by atoms with Gasteiger partial charge in [0.2, 0.25) is 5.91 Å². The Morgan fingerprint density at radius 1 is 1.26 bits per heavy atom. The molecule has 8 heteroatoms. The third kappa shape index (κ3) is 5.65. The van der Waals surface area contributed by atoms with E-state index in [1.807, 2.05) is 0 Å². The highest BCUT2D eigenvalue weighted by atomic mass is 16.4. The van der Waals surface area contributed by atoms with Crippen molar-refractivity contribution < 1.29 is 23.9 Å². The smallest absolute Gasteiger partial charge is 0.315 e. The Morgan fingerprint density at radius 3 is 2.61 bits per heavy atom. The van der Waals surface area contributed by atoms with Crippen molar-refractivity contribution in [2.24, 2.45) is 5.92 Å². The number of nitrogens with one attached hydrogen (secondary N) is 2. The number of hydrogen-bond acceptors (Lipinski definition) is 4. The van der Waals surface area contributed by atoms with E-state index in [4.69, 9.17) is 9.52 Å². The van der Waals surface area contributed by atoms with Gasteiger partial charge in [0, 0.05) is 19.5 Å². The molecule has 0 radical (unpaired) electrons. The maximum absolute atomic E-state index is 12.0. The number of furan rings is 1. The minimum Gasteiger partial charge on any atom is -0.481 e. The minimum atomic E-state index is -0.801. The number of likely N-dealkylation sites (tertiary alicyclic amines) is 1. The zero-order chi connectivity index (χ0) is 16.7. The molecule has 3 amide bonds. The molecule has 0 spiro atoms. The Balaban J connectivity index is 1.63. The van der Waals surface area contributed by atoms with Crippen LogP contribution in [0.15, 0.2) is 22.8 Å². The number of rotatable bonds is 6. The van der Waals surface area contributed by atoms with E-state index in [0.29, 0.717) is 31.7 Å². The van der Waals surface area contributed by atoms with E-state index in [0.717, 1.165) is 0 Å². The number of amides is 3. The molecule has 8 nitrogen and oxygen atoms in total. The van der Waals surface area contributed by atoms with Crippen LogP contribution in [0.4, 0.5) is 4.79 Å². The second-order valence-corrected chi connectivity index (χ2v) is 5.54. The predicted molar refractivity (Wildman–Crippen MR) is 80.5 cm³/mol. The molecular weight excluding hydrogens is 302 g/mol. The van der Waals surface area contributed by atoms with Crippen molar-refractivity contribution in [2.45, 2.75) is 25.8 Å². The lowest BCUT2D eigenvalue weighted by molar-refractivity contribution is -0.138. The monoisotopic (exact) mass is 323 g/mol. The van der Waals surface area contributed by atoms with Crippen LogP contribution >= 0.6 is 0 Å². The van der Waals surface area contributed by atoms with Crippen LogP contribution in [0, 0.1) is 5.92 Å². The normalized spacial score (nSPS) is 15.2. The van der Waals surface area contributed by atoms with Crippen molar-refractivity contribution in [3.63, 3.8) is 0 Å². The molecule has 0 aliphatic carbocycles. The van der Waals surface area contributed by atoms with Crippen molar-refractivity contribution in [3.8, 4) is 0 Å². The third-order valence-corrected chi connectivity index (χ3v) is 3.83. The molecular formula is C15H21N3O5. The molecule has 2 heterocycles. The van der Waals surface area contributed by atoms with E-state index in [-0.39, 0.29) is 31.3 Å². The summed E-state index contributed by atoms with van der Waals surface area (Å²) in [5, 5.41) is 13.9. The molecule has 0 atom stereocenters. The molecule has 1 aromatic heterocycles. The lowest BCUT2D eigenvalue weighted by atomic mass is 9.93. The van der Waals surface area contributed by atoms with Gasteiger partial charge in [-0.25, -0.2) is 4.79 Å². The summed E-state index contributed by atoms with van der Waals surface area (Å²) < 4.78 is 5.08. The van der Waals surface area contributed by atoms with Crippen molar-refractivity contribution in [1.29, 1.82) is 0 Å². The molecule has 23 heavy (non-hydrogen) atoms. The van der Waals surface area contributed by atoms with Crippen molar-refractivity contribution in [1.82, 2.24) is 15.5 Å². The van der Waals surface area contributed by atoms with Gasteiger partial charge < -0.3 is 25.1 Å². The van der Waals surface area contributed by atoms with E-state index in [1.54, 1.807) is 17.0 Å². The first kappa shape index (κ1) is 16.9. The van der Waals surface area contributed by atoms with Crippen LogP contribution < -0.4 is 10.6 Å². The average Bonchev–Trinajstić information content (AvgIpc) is 3.04. The van der Waals surface area contributed by atoms with Crippen LogP contribution in [0.3, 0.4) is 0 Å². The molecule has 1 aromatic rings. The average molecular weight is 323 g/mol. The molecule has 3 N–H and O–H groups in total. The molecule has 1 saturated heterocycles. The first-order valence-corrected chi connectivity index (χ1v) is 7.58. The van der Waals surface area contributed by atoms with Gasteiger partial charge in [-0.15, -0.1) is 0 Å². The van der Waals surface area contributed by atoms with Crippen LogP contribution in [0.25, 0.3) is 0 Å². The lowest BCUT2D eigenvalue weighted by Gasteiger charge is -2.31. The summed E-state index contributed by atoms with van der Waals surface area (Å²) >= 11 is 0. The Labute approximate surface area is 133 Å². The quantitative estimate of drug-likeness (QED) is 0.716. The van der Waals surface area contributed by atoms with Crippen LogP contribution in [0.1, 0.15) is 25.0 Å². The highest BCUT2D eigenvalue weighted by Gasteiger charge is 2.24. The number of aliphatic carboxylic acids is 1. The maximum atomic E-state index is 12.0. The van der Waals surface area contributed by atoms with Crippen LogP contribution in [-0.2, 0) is 16.1 Å². The minimum absolute atomic E-state index is 0.0758. The molecule has 0 aromatic carbocycles. The molecule has 1 aliphatic heterocycles. The van der Waals surface area contributed by atoms with E-state index in [9.17, 15) is 14.4 Å². The van der Waals surface area contributed by atoms with Crippen molar-refractivity contribution in [3.05, 3.63) is 24.2 Å². The maximum Gasteiger partial charge on any atom is 0.315 e. The standard InChI is InChI=1S/C15H21N3O5/c19-13(18-5-3-11(4-6-18)8-14(20)21)10-17-15(22)16-9-12-2-1-7-23-12/h1-2,7,11H,3-6,8-10H2,(H,20,21)(H2,16,17,22). The number of hydrogen-bond donors (Lipinski definition) is 3. The molecule has 2 rings (SSSR count). The lowest BCUT2D eigenvalue weighted by Crippen LogP contribution is -2.46. The summed E-state index contributed by atoms with van der Waals surface area (Å²) in [6, 6.07) is 3.04. The largest absolute Gasteiger partial charge is 0.481 e. The third-order valence-electron chi connectivity index (χ3n) is 3.83. The summed E-state index contributed by atoms with van der Waals surface area (Å²) in [4.78, 5) is 35.9. The highest BCUT2D eigenvalue weighted by Crippen LogP contribution is 2.20. The Hall–Kier alpha value is -2.51. The SMILES string of the molecule is O=C(O)CC1CCN(C(=O)CNC(=O)NCc2ccco2)CC1. The summed E-state index contributed by atoms with van der Waals surface area (Å²) in [5.74, 6) is -0.204. The van der Waals surface area contributed by atoms with Gasteiger partial charge in [-0.2, -0.15) is 0 Å². The van der Waals surface area contributed by atoms with Crippen LogP contribution in [0.5, 0.6) is 0 Å². The fourth-order valence-electron chi connectivity index (χ4n) is 2.54. The fourth-order valence-corrected chi connectivity index (χ4v) is 2.54. The van der Waals surface area contributed by atoms with E-state index in [2.05, 4.69) is 10.6 Å². The first-order chi connectivity index (χ1) is 11.0. The number of piperidine rings is 1. The Bertz CT molecular complexity index is 535. The van der Waals surface area contributed by atoms with Crippen molar-refractivity contribution >= 4 is 17.9 Å². The topological polar surface area (TPSA) is 112 Å². The van der Waals surface area contributed by atoms with E-state index in [1.165, 1.54) is 6.26 Å². The van der Waals surface area contributed by atoms with Gasteiger partial charge in [-0.05, 0) is 30.9 Å². The molecule has 1 aliphatic rings. The van der Waals surface area contributed by atoms with Gasteiger partial charge in [0.05, 0.1) is 19.4 Å². The fraction of sp³-hybridized carbons (Fsp3) is 0.533. The molecule has 0 bridgehead atoms. The van der Waals surface area contributed by atoms with Gasteiger partial charge in [0.1, 0.15) is 5.76 Å². The number of urea groups is 1. The van der Waals surface area contributed by atoms with Crippen LogP contribution in [0.2, 0.25) is 0 Å². The summed E-state index contributed by atoms with van der Waals surface area (Å²) in [5.41, 5.74) is 0. The van der Waals surface area contributed by atoms with E-state index >= 15 is 0 Å². The molecule has 126 valence electrons. The van der Waals surface area contributed by atoms with Gasteiger partial charge in [0.15, 0.2) is 0 Å². The number of carbonyl (C=O) groups excluding carboxylic acids is 2. The van der Waals surface area contributed by atoms with Crippen LogP contribution in [-0.4, -0.2) is 47.5 Å². The second-order valence-electron chi connectivity index (χ2n) is 5.54. The van der Waals surface area contributed by atoms with Gasteiger partial charge in [-0.3, -0.25) is 9.59 Å². The Kier molecular flexibility index (Phi) is 6.02. The summed E-state index contributed by atoms with van der Waals surface area (Å²) in [7, 11) is 0. The number of carboxylic acids is 1. The zero-order valence-electron chi connectivity index (χ0n) is 12.8. The predicted octanol–water partition coefficient (Wildman–Crippen LogP) is 0.792. The Morgan fingerprint density at radius 2 is 2.00 bits per heavy atom. The highest BCUT2D eigenvalue weighted by molar-refractivity contribution is 5.84. The number of carbonyl (C=O) groups is 3. The van der Waals surface area contributed by atoms with Gasteiger partial charge in [0.25, 0.3) is 0 Å². The molecule has 1 fully saturated rings. The molecule has 0 saturated carbocycles. The summed E-state index contributed by atoms with van der Waals surface area (Å²) in [6.07, 6.45) is 3.04.